The molecule has 0 aliphatic rings. The van der Waals surface area contributed by atoms with E-state index in [2.05, 4.69) is 65.6 Å². The molecule has 0 spiro atoms. The zero-order chi connectivity index (χ0) is 12.6. The van der Waals surface area contributed by atoms with Crippen LogP contribution in [0, 0.1) is 0 Å². The first-order valence-electron chi connectivity index (χ1n) is 6.27. The molecule has 0 bridgehead atoms. The first-order chi connectivity index (χ1) is 8.88. The van der Waals surface area contributed by atoms with Gasteiger partial charge in [-0.15, -0.1) is 0 Å². The maximum Gasteiger partial charge on any atom is 1.00 e. The summed E-state index contributed by atoms with van der Waals surface area (Å²) in [4.78, 5) is 2.40. The van der Waals surface area contributed by atoms with Gasteiger partial charge in [-0.1, -0.05) is 60.7 Å². The fourth-order valence-electron chi connectivity index (χ4n) is 2.03. The molecule has 2 aromatic carbocycles. The second-order valence-corrected chi connectivity index (χ2v) is 4.79. The maximum absolute atomic E-state index is 5.12. The van der Waals surface area contributed by atoms with E-state index >= 15 is 0 Å². The van der Waals surface area contributed by atoms with Crippen LogP contribution in [-0.2, 0) is 25.7 Å². The number of hydrogen-bond donors (Lipinski definition) is 0. The smallest absolute Gasteiger partial charge is 0.791 e. The Morgan fingerprint density at radius 2 is 1.16 bits per heavy atom. The van der Waals surface area contributed by atoms with Crippen molar-refractivity contribution in [3.8, 4) is 0 Å². The third-order valence-electron chi connectivity index (χ3n) is 2.91. The van der Waals surface area contributed by atoms with E-state index < -0.39 is 0 Å². The third kappa shape index (κ3) is 5.89. The summed E-state index contributed by atoms with van der Waals surface area (Å²) in [7, 11) is 0. The van der Waals surface area contributed by atoms with Gasteiger partial charge in [-0.25, -0.2) is 0 Å². The van der Waals surface area contributed by atoms with Gasteiger partial charge in [0, 0.05) is 13.1 Å². The van der Waals surface area contributed by atoms with Gasteiger partial charge in [0.1, 0.15) is 0 Å². The molecule has 0 radical (unpaired) electrons. The van der Waals surface area contributed by atoms with Gasteiger partial charge < -0.3 is 12.6 Å². The predicted molar refractivity (Wildman–Crippen MR) is 79.2 cm³/mol. The summed E-state index contributed by atoms with van der Waals surface area (Å²) in [5.74, 6) is 0.777. The molecule has 3 heteroatoms. The van der Waals surface area contributed by atoms with E-state index in [1.165, 1.54) is 11.1 Å². The third-order valence-corrected chi connectivity index (χ3v) is 3.09. The van der Waals surface area contributed by atoms with E-state index in [9.17, 15) is 0 Å². The Kier molecular flexibility index (Phi) is 8.01. The van der Waals surface area contributed by atoms with Crippen LogP contribution >= 0.6 is 0 Å². The Morgan fingerprint density at radius 3 is 1.53 bits per heavy atom. The molecule has 2 rings (SSSR count). The van der Waals surface area contributed by atoms with Gasteiger partial charge >= 0.3 is 18.9 Å². The molecule has 0 aliphatic carbocycles. The largest absolute Gasteiger partial charge is 1.00 e. The van der Waals surface area contributed by atoms with Crippen molar-refractivity contribution in [1.82, 2.24) is 4.90 Å². The van der Waals surface area contributed by atoms with Crippen LogP contribution in [0.15, 0.2) is 60.7 Å². The first-order valence-corrected chi connectivity index (χ1v) is 6.84. The fourth-order valence-corrected chi connectivity index (χ4v) is 2.28. The van der Waals surface area contributed by atoms with E-state index in [1.54, 1.807) is 0 Å². The summed E-state index contributed by atoms with van der Waals surface area (Å²) in [5.41, 5.74) is 2.69. The van der Waals surface area contributed by atoms with Crippen molar-refractivity contribution < 1.29 is 18.9 Å². The second-order valence-electron chi connectivity index (χ2n) is 4.39. The number of benzene rings is 2. The molecule has 0 aromatic heterocycles. The van der Waals surface area contributed by atoms with Crippen LogP contribution in [-0.4, -0.2) is 17.2 Å². The standard InChI is InChI=1S/C16H19NS.Li/c18-12-11-17(13-15-7-3-1-4-8-15)14-16-9-5-2-6-10-16;/h1-10,18H,11-14H2;/q;+1/p-1. The number of rotatable bonds is 6. The molecule has 1 nitrogen and oxygen atoms in total. The average Bonchev–Trinajstić information content (AvgIpc) is 2.41. The van der Waals surface area contributed by atoms with Crippen LogP contribution in [0.5, 0.6) is 0 Å². The molecule has 2 aromatic rings. The van der Waals surface area contributed by atoms with E-state index in [4.69, 9.17) is 12.6 Å². The summed E-state index contributed by atoms with van der Waals surface area (Å²) >= 11 is 5.12. The molecule has 0 amide bonds. The summed E-state index contributed by atoms with van der Waals surface area (Å²) < 4.78 is 0. The van der Waals surface area contributed by atoms with Gasteiger partial charge in [0.15, 0.2) is 0 Å². The van der Waals surface area contributed by atoms with E-state index in [0.717, 1.165) is 25.4 Å². The van der Waals surface area contributed by atoms with Gasteiger partial charge in [0.2, 0.25) is 0 Å². The zero-order valence-electron chi connectivity index (χ0n) is 11.5. The van der Waals surface area contributed by atoms with E-state index in [0.29, 0.717) is 0 Å². The van der Waals surface area contributed by atoms with Crippen LogP contribution in [0.25, 0.3) is 0 Å². The van der Waals surface area contributed by atoms with Crippen LogP contribution in [0.4, 0.5) is 0 Å². The minimum Gasteiger partial charge on any atom is -0.791 e. The molecule has 0 heterocycles. The van der Waals surface area contributed by atoms with Crippen molar-refractivity contribution in [3.63, 3.8) is 0 Å². The fraction of sp³-hybridized carbons (Fsp3) is 0.250. The Balaban J connectivity index is 0.00000180. The Morgan fingerprint density at radius 1 is 0.737 bits per heavy atom. The summed E-state index contributed by atoms with van der Waals surface area (Å²) in [6.45, 7) is 2.89. The molecule has 19 heavy (non-hydrogen) atoms. The topological polar surface area (TPSA) is 3.24 Å². The molecule has 0 N–H and O–H groups in total. The van der Waals surface area contributed by atoms with Crippen LogP contribution in [0.3, 0.4) is 0 Å². The Bertz CT molecular complexity index is 405. The van der Waals surface area contributed by atoms with Crippen LogP contribution in [0.2, 0.25) is 0 Å². The summed E-state index contributed by atoms with van der Waals surface area (Å²) in [6.07, 6.45) is 0. The average molecular weight is 263 g/mol. The summed E-state index contributed by atoms with van der Waals surface area (Å²) in [5, 5.41) is 0. The van der Waals surface area contributed by atoms with Gasteiger partial charge in [-0.2, -0.15) is 5.75 Å². The molecule has 0 fully saturated rings. The van der Waals surface area contributed by atoms with Crippen molar-refractivity contribution in [2.24, 2.45) is 0 Å². The molecule has 0 atom stereocenters. The van der Waals surface area contributed by atoms with Crippen molar-refractivity contribution in [3.05, 3.63) is 71.8 Å². The maximum atomic E-state index is 5.12. The first kappa shape index (κ1) is 16.4. The SMILES string of the molecule is [Li+].[S-]CCN(Cc1ccccc1)Cc1ccccc1. The molecular weight excluding hydrogens is 245 g/mol. The number of nitrogens with zero attached hydrogens (tertiary/aromatic N) is 1. The van der Waals surface area contributed by atoms with Crippen LogP contribution < -0.4 is 18.9 Å². The molecule has 0 unspecified atom stereocenters. The molecule has 0 aliphatic heterocycles. The normalized spacial score (nSPS) is 10.2. The van der Waals surface area contributed by atoms with Crippen molar-refractivity contribution >= 4 is 12.6 Å². The molecule has 0 saturated carbocycles. The minimum atomic E-state index is 0. The zero-order valence-corrected chi connectivity index (χ0v) is 12.3. The summed E-state index contributed by atoms with van der Waals surface area (Å²) in [6, 6.07) is 21.1. The van der Waals surface area contributed by atoms with E-state index in [1.807, 2.05) is 0 Å². The van der Waals surface area contributed by atoms with Crippen molar-refractivity contribution in [1.29, 1.82) is 0 Å². The minimum absolute atomic E-state index is 0. The van der Waals surface area contributed by atoms with Gasteiger partial charge in [-0.05, 0) is 17.7 Å². The van der Waals surface area contributed by atoms with Gasteiger partial charge in [0.25, 0.3) is 0 Å². The van der Waals surface area contributed by atoms with Gasteiger partial charge in [-0.3, -0.25) is 4.90 Å². The monoisotopic (exact) mass is 263 g/mol. The van der Waals surface area contributed by atoms with Crippen molar-refractivity contribution in [2.45, 2.75) is 13.1 Å². The molecule has 0 saturated heterocycles. The van der Waals surface area contributed by atoms with Crippen LogP contribution in [0.1, 0.15) is 11.1 Å². The van der Waals surface area contributed by atoms with Crippen molar-refractivity contribution in [2.75, 3.05) is 12.3 Å². The quantitative estimate of drug-likeness (QED) is 0.542. The Hall–Kier alpha value is -0.653. The predicted octanol–water partition coefficient (Wildman–Crippen LogP) is 0.240. The molecule has 94 valence electrons. The number of hydrogen-bond acceptors (Lipinski definition) is 2. The second kappa shape index (κ2) is 9.28. The molecular formula is C16H18LiNS. The van der Waals surface area contributed by atoms with E-state index in [-0.39, 0.29) is 18.9 Å². The van der Waals surface area contributed by atoms with Gasteiger partial charge in [0.05, 0.1) is 0 Å². The Labute approximate surface area is 133 Å².